The van der Waals surface area contributed by atoms with Gasteiger partial charge in [-0.15, -0.1) is 0 Å². The van der Waals surface area contributed by atoms with Crippen LogP contribution in [-0.4, -0.2) is 93.1 Å². The number of nitrogens with zero attached hydrogens (tertiary/aromatic N) is 4. The molecule has 8 rings (SSSR count). The summed E-state index contributed by atoms with van der Waals surface area (Å²) < 4.78 is 9.63. The molecule has 3 fully saturated rings. The minimum Gasteiger partial charge on any atom is -0.453 e. The SMILES string of the molecule is COC(=O)N[C@H](C(=O)N1CCC[C@H]1c1ncc(-c2ccc(-c3ccc(-c4cnc([C@@H]5CCCN5C(=O)[C@@H](NC(=O)OC)C(C)C)[nH]4)c4c3CC3(CCCCC3)C4)cc2)[nH]1)C(C)C. The highest BCUT2D eigenvalue weighted by atomic mass is 16.5. The van der Waals surface area contributed by atoms with E-state index in [-0.39, 0.29) is 41.1 Å². The molecule has 2 saturated heterocycles. The van der Waals surface area contributed by atoms with E-state index in [4.69, 9.17) is 19.4 Å². The van der Waals surface area contributed by atoms with E-state index in [2.05, 4.69) is 57.0 Å². The van der Waals surface area contributed by atoms with Crippen LogP contribution in [0.4, 0.5) is 9.59 Å². The summed E-state index contributed by atoms with van der Waals surface area (Å²) in [6, 6.07) is 11.4. The number of H-pyrrole nitrogens is 2. The maximum atomic E-state index is 13.8. The Kier molecular flexibility index (Phi) is 12.5. The zero-order valence-corrected chi connectivity index (χ0v) is 37.0. The maximum Gasteiger partial charge on any atom is 0.407 e. The number of aromatic nitrogens is 4. The number of imidazole rings is 2. The van der Waals surface area contributed by atoms with Crippen molar-refractivity contribution >= 4 is 24.0 Å². The van der Waals surface area contributed by atoms with Gasteiger partial charge in [0, 0.05) is 18.7 Å². The van der Waals surface area contributed by atoms with Crippen molar-refractivity contribution in [2.24, 2.45) is 17.3 Å². The van der Waals surface area contributed by atoms with Crippen LogP contribution in [0.15, 0.2) is 48.8 Å². The van der Waals surface area contributed by atoms with Gasteiger partial charge in [0.05, 0.1) is 50.1 Å². The van der Waals surface area contributed by atoms with E-state index < -0.39 is 24.3 Å². The number of nitrogens with one attached hydrogen (secondary N) is 4. The molecule has 14 heteroatoms. The number of hydrogen-bond acceptors (Lipinski definition) is 8. The van der Waals surface area contributed by atoms with Gasteiger partial charge in [-0.2, -0.15) is 0 Å². The van der Waals surface area contributed by atoms with Crippen LogP contribution in [0.5, 0.6) is 0 Å². The Balaban J connectivity index is 1.04. The van der Waals surface area contributed by atoms with Gasteiger partial charge in [0.2, 0.25) is 11.8 Å². The van der Waals surface area contributed by atoms with E-state index in [9.17, 15) is 19.2 Å². The molecule has 1 spiro atoms. The number of carbonyl (C=O) groups excluding carboxylic acids is 4. The van der Waals surface area contributed by atoms with Crippen LogP contribution in [0.2, 0.25) is 0 Å². The van der Waals surface area contributed by atoms with Crippen LogP contribution in [0.25, 0.3) is 33.6 Å². The Bertz CT molecular complexity index is 2270. The Hall–Kier alpha value is -5.66. The van der Waals surface area contributed by atoms with E-state index in [0.717, 1.165) is 67.1 Å². The van der Waals surface area contributed by atoms with Gasteiger partial charge in [0.15, 0.2) is 0 Å². The molecule has 0 unspecified atom stereocenters. The number of hydrogen-bond donors (Lipinski definition) is 4. The molecule has 4 atom stereocenters. The number of ether oxygens (including phenoxy) is 2. The van der Waals surface area contributed by atoms with Gasteiger partial charge >= 0.3 is 12.2 Å². The first-order valence-corrected chi connectivity index (χ1v) is 22.6. The molecule has 330 valence electrons. The van der Waals surface area contributed by atoms with Crippen LogP contribution in [0.3, 0.4) is 0 Å². The van der Waals surface area contributed by atoms with Crippen LogP contribution < -0.4 is 10.6 Å². The summed E-state index contributed by atoms with van der Waals surface area (Å²) in [5.74, 6) is 1.06. The molecular weight excluding hydrogens is 785 g/mol. The van der Waals surface area contributed by atoms with Gasteiger partial charge in [-0.05, 0) is 96.4 Å². The number of amides is 4. The second-order valence-corrected chi connectivity index (χ2v) is 18.6. The lowest BCUT2D eigenvalue weighted by Gasteiger charge is -2.33. The Morgan fingerprint density at radius 1 is 0.645 bits per heavy atom. The van der Waals surface area contributed by atoms with Crippen LogP contribution in [0, 0.1) is 17.3 Å². The average Bonchev–Trinajstić information content (AvgIpc) is 4.13. The smallest absolute Gasteiger partial charge is 0.407 e. The molecule has 4 aromatic rings. The quantitative estimate of drug-likeness (QED) is 0.117. The number of carbonyl (C=O) groups is 4. The van der Waals surface area contributed by atoms with Crippen LogP contribution in [-0.2, 0) is 31.9 Å². The molecular formula is C48H62N8O6. The molecule has 4 aliphatic rings. The molecule has 2 aliphatic carbocycles. The molecule has 62 heavy (non-hydrogen) atoms. The van der Waals surface area contributed by atoms with Gasteiger partial charge in [0.1, 0.15) is 23.7 Å². The second-order valence-electron chi connectivity index (χ2n) is 18.6. The molecule has 1 saturated carbocycles. The zero-order chi connectivity index (χ0) is 43.7. The fourth-order valence-electron chi connectivity index (χ4n) is 10.6. The highest BCUT2D eigenvalue weighted by molar-refractivity contribution is 5.87. The summed E-state index contributed by atoms with van der Waals surface area (Å²) in [5.41, 5.74) is 9.53. The number of likely N-dealkylation sites (tertiary alicyclic amines) is 2. The molecule has 2 aromatic carbocycles. The molecule has 2 aromatic heterocycles. The molecule has 14 nitrogen and oxygen atoms in total. The number of methoxy groups -OCH3 is 2. The Labute approximate surface area is 364 Å². The van der Waals surface area contributed by atoms with Crippen molar-refractivity contribution < 1.29 is 28.7 Å². The maximum absolute atomic E-state index is 13.8. The van der Waals surface area contributed by atoms with Crippen molar-refractivity contribution in [3.63, 3.8) is 0 Å². The lowest BCUT2D eigenvalue weighted by Crippen LogP contribution is -2.51. The van der Waals surface area contributed by atoms with E-state index in [1.807, 2.05) is 49.9 Å². The van der Waals surface area contributed by atoms with E-state index in [1.165, 1.54) is 74.1 Å². The van der Waals surface area contributed by atoms with E-state index in [0.29, 0.717) is 13.1 Å². The lowest BCUT2D eigenvalue weighted by atomic mass is 9.72. The Morgan fingerprint density at radius 3 is 1.63 bits per heavy atom. The van der Waals surface area contributed by atoms with E-state index in [1.54, 1.807) is 0 Å². The zero-order valence-electron chi connectivity index (χ0n) is 37.0. The third kappa shape index (κ3) is 8.44. The minimum absolute atomic E-state index is 0.104. The van der Waals surface area contributed by atoms with Gasteiger partial charge in [0.25, 0.3) is 0 Å². The predicted molar refractivity (Wildman–Crippen MR) is 236 cm³/mol. The third-order valence-corrected chi connectivity index (χ3v) is 13.9. The van der Waals surface area contributed by atoms with Gasteiger partial charge in [-0.25, -0.2) is 19.6 Å². The highest BCUT2D eigenvalue weighted by Crippen LogP contribution is 2.52. The van der Waals surface area contributed by atoms with Crippen molar-refractivity contribution in [3.8, 4) is 33.6 Å². The predicted octanol–water partition coefficient (Wildman–Crippen LogP) is 8.27. The van der Waals surface area contributed by atoms with Gasteiger partial charge in [-0.1, -0.05) is 83.4 Å². The first-order valence-electron chi connectivity index (χ1n) is 22.6. The van der Waals surface area contributed by atoms with E-state index >= 15 is 0 Å². The second kappa shape index (κ2) is 18.0. The lowest BCUT2D eigenvalue weighted by molar-refractivity contribution is -0.136. The molecule has 4 amide bonds. The fraction of sp³-hybridized carbons (Fsp3) is 0.542. The van der Waals surface area contributed by atoms with Crippen molar-refractivity contribution in [2.75, 3.05) is 27.3 Å². The standard InChI is InChI=1S/C48H62N8O6/c1-28(2)40(53-46(59)61-5)44(57)55-22-10-12-38(55)42-49-26-36(51-42)31-16-14-30(15-17-31)32-18-19-33(35-25-48(24-34(32)35)20-8-7-9-21-48)37-27-50-43(52-37)39-13-11-23-56(39)45(58)41(29(3)4)54-47(60)62-6/h14-19,26-29,38-41H,7-13,20-25H2,1-6H3,(H,49,51)(H,50,52)(H,53,59)(H,54,60)/t38-,39-,40-,41-/m0/s1. The fourth-order valence-corrected chi connectivity index (χ4v) is 10.6. The molecule has 2 aliphatic heterocycles. The summed E-state index contributed by atoms with van der Waals surface area (Å²) >= 11 is 0. The van der Waals surface area contributed by atoms with Crippen LogP contribution >= 0.6 is 0 Å². The number of aromatic amines is 2. The summed E-state index contributed by atoms with van der Waals surface area (Å²) in [4.78, 5) is 72.3. The molecule has 4 N–H and O–H groups in total. The van der Waals surface area contributed by atoms with Crippen molar-refractivity contribution in [3.05, 3.63) is 71.6 Å². The Morgan fingerprint density at radius 2 is 1.11 bits per heavy atom. The van der Waals surface area contributed by atoms with Crippen LogP contribution in [0.1, 0.15) is 120 Å². The van der Waals surface area contributed by atoms with Gasteiger partial charge < -0.3 is 39.9 Å². The number of alkyl carbamates (subject to hydrolysis) is 2. The number of fused-ring (bicyclic) bond motifs is 1. The monoisotopic (exact) mass is 846 g/mol. The first-order chi connectivity index (χ1) is 29.9. The normalized spacial score (nSPS) is 20.4. The number of benzene rings is 2. The summed E-state index contributed by atoms with van der Waals surface area (Å²) in [6.45, 7) is 8.89. The summed E-state index contributed by atoms with van der Waals surface area (Å²) in [6.07, 6.45) is 14.2. The summed E-state index contributed by atoms with van der Waals surface area (Å²) in [5, 5.41) is 5.47. The van der Waals surface area contributed by atoms with Crippen molar-refractivity contribution in [2.45, 2.75) is 122 Å². The first kappa shape index (κ1) is 43.0. The van der Waals surface area contributed by atoms with Crippen molar-refractivity contribution in [1.29, 1.82) is 0 Å². The largest absolute Gasteiger partial charge is 0.453 e. The minimum atomic E-state index is -0.688. The molecule has 0 bridgehead atoms. The molecule has 0 radical (unpaired) electrons. The highest BCUT2D eigenvalue weighted by Gasteiger charge is 2.42. The molecule has 4 heterocycles. The average molecular weight is 847 g/mol. The topological polar surface area (TPSA) is 175 Å². The van der Waals surface area contributed by atoms with Crippen molar-refractivity contribution in [1.82, 2.24) is 40.4 Å². The summed E-state index contributed by atoms with van der Waals surface area (Å²) in [7, 11) is 2.61. The number of rotatable bonds is 11. The third-order valence-electron chi connectivity index (χ3n) is 13.9. The van der Waals surface area contributed by atoms with Gasteiger partial charge in [-0.3, -0.25) is 9.59 Å².